The fourth-order valence-electron chi connectivity index (χ4n) is 2.47. The van der Waals surface area contributed by atoms with E-state index in [9.17, 15) is 29.4 Å². The summed E-state index contributed by atoms with van der Waals surface area (Å²) in [6, 6.07) is 7.70. The number of carbonyl (C=O) groups is 4. The van der Waals surface area contributed by atoms with Crippen molar-refractivity contribution < 1.29 is 38.9 Å². The van der Waals surface area contributed by atoms with Crippen LogP contribution in [0.3, 0.4) is 0 Å². The Morgan fingerprint density at radius 2 is 1.77 bits per heavy atom. The summed E-state index contributed by atoms with van der Waals surface area (Å²) < 4.78 is 9.80. The van der Waals surface area contributed by atoms with Crippen LogP contribution in [0.15, 0.2) is 30.3 Å². The van der Waals surface area contributed by atoms with E-state index in [1.165, 1.54) is 6.92 Å². The zero-order valence-corrected chi connectivity index (χ0v) is 17.0. The maximum absolute atomic E-state index is 12.0. The SMILES string of the molecule is CCOC(=O)[C@@H](C)C[C@@H](NC(=O)C[C@H](O)CNC(=O)OCc1ccccc1)C(=O)O. The molecule has 0 radical (unpaired) electrons. The van der Waals surface area contributed by atoms with Crippen LogP contribution >= 0.6 is 0 Å². The van der Waals surface area contributed by atoms with Gasteiger partial charge in [-0.2, -0.15) is 0 Å². The highest BCUT2D eigenvalue weighted by Gasteiger charge is 2.27. The van der Waals surface area contributed by atoms with Crippen LogP contribution in [0.25, 0.3) is 0 Å². The molecule has 10 heteroatoms. The molecule has 4 N–H and O–H groups in total. The lowest BCUT2D eigenvalue weighted by Gasteiger charge is -2.19. The van der Waals surface area contributed by atoms with E-state index < -0.39 is 48.4 Å². The minimum Gasteiger partial charge on any atom is -0.480 e. The minimum absolute atomic E-state index is 0.0577. The number of aliphatic carboxylic acids is 1. The first kappa shape index (κ1) is 24.9. The number of carboxylic acids is 1. The molecular formula is C20H28N2O8. The molecule has 3 atom stereocenters. The van der Waals surface area contributed by atoms with E-state index in [-0.39, 0.29) is 26.2 Å². The van der Waals surface area contributed by atoms with Gasteiger partial charge in [0.25, 0.3) is 0 Å². The molecule has 0 spiro atoms. The number of rotatable bonds is 12. The number of hydrogen-bond donors (Lipinski definition) is 4. The monoisotopic (exact) mass is 424 g/mol. The molecule has 0 saturated heterocycles. The fraction of sp³-hybridized carbons (Fsp3) is 0.500. The van der Waals surface area contributed by atoms with Gasteiger partial charge in [0.2, 0.25) is 5.91 Å². The number of nitrogens with one attached hydrogen (secondary N) is 2. The molecule has 0 aromatic heterocycles. The molecule has 1 aromatic carbocycles. The first-order valence-electron chi connectivity index (χ1n) is 9.54. The van der Waals surface area contributed by atoms with Gasteiger partial charge in [0.05, 0.1) is 25.0 Å². The summed E-state index contributed by atoms with van der Waals surface area (Å²) in [5.41, 5.74) is 0.796. The predicted molar refractivity (Wildman–Crippen MR) is 105 cm³/mol. The average Bonchev–Trinajstić information content (AvgIpc) is 2.70. The number of benzene rings is 1. The van der Waals surface area contributed by atoms with Crippen LogP contribution < -0.4 is 10.6 Å². The normalized spacial score (nSPS) is 13.4. The summed E-state index contributed by atoms with van der Waals surface area (Å²) in [6.07, 6.45) is -2.59. The Kier molecular flexibility index (Phi) is 10.9. The van der Waals surface area contributed by atoms with Gasteiger partial charge in [0.1, 0.15) is 12.6 Å². The van der Waals surface area contributed by atoms with Crippen molar-refractivity contribution in [1.29, 1.82) is 0 Å². The van der Waals surface area contributed by atoms with Crippen LogP contribution in [-0.4, -0.2) is 59.4 Å². The van der Waals surface area contributed by atoms with Gasteiger partial charge in [0.15, 0.2) is 0 Å². The molecule has 0 aliphatic rings. The Bertz CT molecular complexity index is 710. The van der Waals surface area contributed by atoms with E-state index in [1.807, 2.05) is 6.07 Å². The average molecular weight is 424 g/mol. The van der Waals surface area contributed by atoms with Crippen LogP contribution in [0.4, 0.5) is 4.79 Å². The van der Waals surface area contributed by atoms with E-state index in [0.29, 0.717) is 0 Å². The van der Waals surface area contributed by atoms with Crippen molar-refractivity contribution in [3.63, 3.8) is 0 Å². The number of aliphatic hydroxyl groups excluding tert-OH is 1. The molecule has 166 valence electrons. The van der Waals surface area contributed by atoms with Crippen molar-refractivity contribution >= 4 is 23.9 Å². The van der Waals surface area contributed by atoms with Gasteiger partial charge in [-0.05, 0) is 18.9 Å². The molecule has 1 rings (SSSR count). The summed E-state index contributed by atoms with van der Waals surface area (Å²) in [5, 5.41) is 23.7. The minimum atomic E-state index is -1.31. The van der Waals surface area contributed by atoms with E-state index in [4.69, 9.17) is 9.47 Å². The lowest BCUT2D eigenvalue weighted by atomic mass is 10.0. The Balaban J connectivity index is 2.37. The molecule has 2 amide bonds. The third kappa shape index (κ3) is 9.87. The molecule has 0 aliphatic carbocycles. The Morgan fingerprint density at radius 1 is 1.10 bits per heavy atom. The van der Waals surface area contributed by atoms with Crippen molar-refractivity contribution in [2.45, 2.75) is 45.4 Å². The summed E-state index contributed by atoms with van der Waals surface area (Å²) in [4.78, 5) is 46.6. The van der Waals surface area contributed by atoms with E-state index in [0.717, 1.165) is 5.56 Å². The van der Waals surface area contributed by atoms with E-state index in [1.54, 1.807) is 31.2 Å². The largest absolute Gasteiger partial charge is 0.480 e. The first-order chi connectivity index (χ1) is 14.2. The van der Waals surface area contributed by atoms with Gasteiger partial charge in [-0.1, -0.05) is 37.3 Å². The molecule has 1 aromatic rings. The molecule has 0 unspecified atom stereocenters. The van der Waals surface area contributed by atoms with Crippen molar-refractivity contribution in [3.05, 3.63) is 35.9 Å². The van der Waals surface area contributed by atoms with Crippen molar-refractivity contribution in [2.24, 2.45) is 5.92 Å². The number of carbonyl (C=O) groups excluding carboxylic acids is 3. The van der Waals surface area contributed by atoms with Crippen LogP contribution in [0.5, 0.6) is 0 Å². The maximum atomic E-state index is 12.0. The van der Waals surface area contributed by atoms with Gasteiger partial charge < -0.3 is 30.3 Å². The molecule has 0 fully saturated rings. The lowest BCUT2D eigenvalue weighted by molar-refractivity contribution is -0.149. The summed E-state index contributed by atoms with van der Waals surface area (Å²) in [7, 11) is 0. The summed E-state index contributed by atoms with van der Waals surface area (Å²) >= 11 is 0. The third-order valence-electron chi connectivity index (χ3n) is 4.03. The second kappa shape index (κ2) is 13.2. The van der Waals surface area contributed by atoms with Crippen LogP contribution in [0, 0.1) is 5.92 Å². The standard InChI is InChI=1S/C20H28N2O8/c1-3-29-19(27)13(2)9-16(18(25)26)22-17(24)10-15(23)11-21-20(28)30-12-14-7-5-4-6-8-14/h4-8,13,15-16,23H,3,9-12H2,1-2H3,(H,21,28)(H,22,24)(H,25,26)/t13-,15-,16+/m0/s1. The lowest BCUT2D eigenvalue weighted by Crippen LogP contribution is -2.44. The Labute approximate surface area is 174 Å². The molecule has 10 nitrogen and oxygen atoms in total. The Morgan fingerprint density at radius 3 is 2.37 bits per heavy atom. The number of amides is 2. The highest BCUT2D eigenvalue weighted by molar-refractivity contribution is 5.84. The van der Waals surface area contributed by atoms with Crippen LogP contribution in [-0.2, 0) is 30.5 Å². The zero-order chi connectivity index (χ0) is 22.5. The predicted octanol–water partition coefficient (Wildman–Crippen LogP) is 0.823. The Hall–Kier alpha value is -3.14. The van der Waals surface area contributed by atoms with Gasteiger partial charge in [-0.3, -0.25) is 9.59 Å². The van der Waals surface area contributed by atoms with Crippen molar-refractivity contribution in [1.82, 2.24) is 10.6 Å². The van der Waals surface area contributed by atoms with E-state index in [2.05, 4.69) is 10.6 Å². The van der Waals surface area contributed by atoms with Crippen molar-refractivity contribution in [3.8, 4) is 0 Å². The van der Waals surface area contributed by atoms with Gasteiger partial charge in [-0.25, -0.2) is 9.59 Å². The summed E-state index contributed by atoms with van der Waals surface area (Å²) in [5.74, 6) is -3.32. The third-order valence-corrected chi connectivity index (χ3v) is 4.03. The molecule has 0 aliphatic heterocycles. The van der Waals surface area contributed by atoms with E-state index >= 15 is 0 Å². The maximum Gasteiger partial charge on any atom is 0.407 e. The number of hydrogen-bond acceptors (Lipinski definition) is 7. The number of aliphatic hydroxyl groups is 1. The topological polar surface area (TPSA) is 151 Å². The highest BCUT2D eigenvalue weighted by atomic mass is 16.5. The van der Waals surface area contributed by atoms with Crippen LogP contribution in [0.2, 0.25) is 0 Å². The molecule has 0 bridgehead atoms. The zero-order valence-electron chi connectivity index (χ0n) is 17.0. The molecule has 0 heterocycles. The first-order valence-corrected chi connectivity index (χ1v) is 9.54. The number of ether oxygens (including phenoxy) is 2. The smallest absolute Gasteiger partial charge is 0.407 e. The molecule has 30 heavy (non-hydrogen) atoms. The second-order valence-corrected chi connectivity index (χ2v) is 6.65. The fourth-order valence-corrected chi connectivity index (χ4v) is 2.47. The van der Waals surface area contributed by atoms with Crippen LogP contribution in [0.1, 0.15) is 32.3 Å². The van der Waals surface area contributed by atoms with Gasteiger partial charge >= 0.3 is 18.0 Å². The number of carboxylic acid groups (broad SMARTS) is 1. The summed E-state index contributed by atoms with van der Waals surface area (Å²) in [6.45, 7) is 3.11. The molecule has 0 saturated carbocycles. The highest BCUT2D eigenvalue weighted by Crippen LogP contribution is 2.09. The number of alkyl carbamates (subject to hydrolysis) is 1. The number of esters is 1. The van der Waals surface area contributed by atoms with Gasteiger partial charge in [-0.15, -0.1) is 0 Å². The quantitative estimate of drug-likeness (QED) is 0.360. The molecular weight excluding hydrogens is 396 g/mol. The second-order valence-electron chi connectivity index (χ2n) is 6.65. The van der Waals surface area contributed by atoms with Gasteiger partial charge in [0, 0.05) is 6.54 Å². The van der Waals surface area contributed by atoms with Crippen molar-refractivity contribution in [2.75, 3.05) is 13.2 Å².